The highest BCUT2D eigenvalue weighted by atomic mass is 15.2. The minimum atomic E-state index is 0.730. The molecule has 2 aliphatic rings. The monoisotopic (exact) mass is 238 g/mol. The maximum Gasteiger partial charge on any atom is 0.0123 e. The summed E-state index contributed by atoms with van der Waals surface area (Å²) < 4.78 is 0. The van der Waals surface area contributed by atoms with Crippen molar-refractivity contribution < 1.29 is 0 Å². The van der Waals surface area contributed by atoms with E-state index < -0.39 is 0 Å². The molecule has 1 saturated heterocycles. The van der Waals surface area contributed by atoms with Gasteiger partial charge in [0.15, 0.2) is 0 Å². The van der Waals surface area contributed by atoms with E-state index in [4.69, 9.17) is 5.73 Å². The van der Waals surface area contributed by atoms with Gasteiger partial charge >= 0.3 is 0 Å². The van der Waals surface area contributed by atoms with Crippen LogP contribution in [0.15, 0.2) is 0 Å². The molecule has 0 aromatic rings. The standard InChI is InChI=1S/C15H30N2/c1-11-5-4-6-15(13(11)3)17-8-7-12(2)14(9-16)10-17/h11-15H,4-10,16H2,1-3H3. The van der Waals surface area contributed by atoms with Crippen LogP contribution in [0.5, 0.6) is 0 Å². The van der Waals surface area contributed by atoms with Gasteiger partial charge in [-0.2, -0.15) is 0 Å². The van der Waals surface area contributed by atoms with Crippen LogP contribution in [-0.2, 0) is 0 Å². The Bertz CT molecular complexity index is 241. The predicted octanol–water partition coefficient (Wildman–Crippen LogP) is 2.73. The van der Waals surface area contributed by atoms with Gasteiger partial charge in [0.2, 0.25) is 0 Å². The lowest BCUT2D eigenvalue weighted by molar-refractivity contribution is 0.0304. The van der Waals surface area contributed by atoms with Crippen LogP contribution in [0.3, 0.4) is 0 Å². The fourth-order valence-corrected chi connectivity index (χ4v) is 3.85. The summed E-state index contributed by atoms with van der Waals surface area (Å²) in [5.74, 6) is 3.33. The first-order valence-electron chi connectivity index (χ1n) is 7.57. The molecular formula is C15H30N2. The third-order valence-electron chi connectivity index (χ3n) is 5.58. The first kappa shape index (κ1) is 13.4. The number of hydrogen-bond acceptors (Lipinski definition) is 2. The summed E-state index contributed by atoms with van der Waals surface area (Å²) in [4.78, 5) is 2.76. The third kappa shape index (κ3) is 2.85. The van der Waals surface area contributed by atoms with Crippen LogP contribution in [-0.4, -0.2) is 30.6 Å². The van der Waals surface area contributed by atoms with Gasteiger partial charge in [-0.25, -0.2) is 0 Å². The second kappa shape index (κ2) is 5.71. The second-order valence-corrected chi connectivity index (χ2v) is 6.59. The topological polar surface area (TPSA) is 29.3 Å². The molecule has 0 aromatic heterocycles. The van der Waals surface area contributed by atoms with E-state index in [1.54, 1.807) is 0 Å². The van der Waals surface area contributed by atoms with Crippen molar-refractivity contribution in [3.63, 3.8) is 0 Å². The highest BCUT2D eigenvalue weighted by molar-refractivity contribution is 4.89. The van der Waals surface area contributed by atoms with E-state index in [0.717, 1.165) is 36.3 Å². The highest BCUT2D eigenvalue weighted by Crippen LogP contribution is 2.35. The molecule has 2 heteroatoms. The van der Waals surface area contributed by atoms with Gasteiger partial charge < -0.3 is 5.73 Å². The van der Waals surface area contributed by atoms with E-state index in [0.29, 0.717) is 0 Å². The molecule has 2 rings (SSSR count). The minimum Gasteiger partial charge on any atom is -0.330 e. The molecule has 17 heavy (non-hydrogen) atoms. The third-order valence-corrected chi connectivity index (χ3v) is 5.58. The molecule has 1 saturated carbocycles. The van der Waals surface area contributed by atoms with E-state index in [1.807, 2.05) is 0 Å². The normalized spacial score (nSPS) is 44.8. The molecule has 0 amide bonds. The average molecular weight is 238 g/mol. The molecule has 5 atom stereocenters. The van der Waals surface area contributed by atoms with Gasteiger partial charge in [-0.3, -0.25) is 4.90 Å². The SMILES string of the molecule is CC1CCN(C2CCCC(C)C2C)CC1CN. The molecule has 2 N–H and O–H groups in total. The summed E-state index contributed by atoms with van der Waals surface area (Å²) in [6, 6.07) is 0.834. The van der Waals surface area contributed by atoms with Crippen LogP contribution in [0.2, 0.25) is 0 Å². The Hall–Kier alpha value is -0.0800. The Morgan fingerprint density at radius 3 is 2.53 bits per heavy atom. The molecule has 1 heterocycles. The average Bonchev–Trinajstić information content (AvgIpc) is 2.34. The largest absolute Gasteiger partial charge is 0.330 e. The number of nitrogens with two attached hydrogens (primary N) is 1. The van der Waals surface area contributed by atoms with Crippen LogP contribution in [0, 0.1) is 23.7 Å². The zero-order chi connectivity index (χ0) is 12.4. The van der Waals surface area contributed by atoms with Gasteiger partial charge in [0.1, 0.15) is 0 Å². The smallest absolute Gasteiger partial charge is 0.0123 e. The summed E-state index contributed by atoms with van der Waals surface area (Å²) in [6.07, 6.45) is 5.62. The first-order valence-corrected chi connectivity index (χ1v) is 7.57. The van der Waals surface area contributed by atoms with E-state index in [9.17, 15) is 0 Å². The summed E-state index contributed by atoms with van der Waals surface area (Å²) in [6.45, 7) is 10.7. The van der Waals surface area contributed by atoms with Crippen molar-refractivity contribution in [2.45, 2.75) is 52.5 Å². The Morgan fingerprint density at radius 1 is 1.06 bits per heavy atom. The lowest BCUT2D eigenvalue weighted by Crippen LogP contribution is -2.51. The van der Waals surface area contributed by atoms with Crippen LogP contribution in [0.1, 0.15) is 46.5 Å². The molecule has 2 fully saturated rings. The van der Waals surface area contributed by atoms with Crippen LogP contribution >= 0.6 is 0 Å². The highest BCUT2D eigenvalue weighted by Gasteiger charge is 2.35. The van der Waals surface area contributed by atoms with Crippen molar-refractivity contribution in [3.8, 4) is 0 Å². The van der Waals surface area contributed by atoms with Gasteiger partial charge in [-0.05, 0) is 49.6 Å². The van der Waals surface area contributed by atoms with Crippen LogP contribution < -0.4 is 5.73 Å². The molecule has 5 unspecified atom stereocenters. The Labute approximate surface area is 107 Å². The Kier molecular flexibility index (Phi) is 4.48. The molecular weight excluding hydrogens is 208 g/mol. The maximum atomic E-state index is 5.92. The van der Waals surface area contributed by atoms with Crippen molar-refractivity contribution in [1.29, 1.82) is 0 Å². The van der Waals surface area contributed by atoms with Crippen molar-refractivity contribution in [2.24, 2.45) is 29.4 Å². The van der Waals surface area contributed by atoms with Crippen molar-refractivity contribution >= 4 is 0 Å². The second-order valence-electron chi connectivity index (χ2n) is 6.59. The maximum absolute atomic E-state index is 5.92. The number of likely N-dealkylation sites (tertiary alicyclic amines) is 1. The van der Waals surface area contributed by atoms with E-state index >= 15 is 0 Å². The van der Waals surface area contributed by atoms with E-state index in [1.165, 1.54) is 38.8 Å². The summed E-state index contributed by atoms with van der Waals surface area (Å²) in [5, 5.41) is 0. The number of hydrogen-bond donors (Lipinski definition) is 1. The Morgan fingerprint density at radius 2 is 1.82 bits per heavy atom. The quantitative estimate of drug-likeness (QED) is 0.801. The first-order chi connectivity index (χ1) is 8.13. The van der Waals surface area contributed by atoms with E-state index in [-0.39, 0.29) is 0 Å². The molecule has 0 radical (unpaired) electrons. The molecule has 100 valence electrons. The lowest BCUT2D eigenvalue weighted by Gasteiger charge is -2.46. The molecule has 0 bridgehead atoms. The van der Waals surface area contributed by atoms with Gasteiger partial charge in [0, 0.05) is 12.6 Å². The van der Waals surface area contributed by atoms with Crippen LogP contribution in [0.25, 0.3) is 0 Å². The lowest BCUT2D eigenvalue weighted by atomic mass is 9.75. The zero-order valence-corrected chi connectivity index (χ0v) is 11.9. The molecule has 0 aromatic carbocycles. The fourth-order valence-electron chi connectivity index (χ4n) is 3.85. The summed E-state index contributed by atoms with van der Waals surface area (Å²) in [7, 11) is 0. The fraction of sp³-hybridized carbons (Fsp3) is 1.00. The molecule has 1 aliphatic heterocycles. The zero-order valence-electron chi connectivity index (χ0n) is 11.9. The summed E-state index contributed by atoms with van der Waals surface area (Å²) >= 11 is 0. The molecule has 0 spiro atoms. The predicted molar refractivity (Wildman–Crippen MR) is 73.9 cm³/mol. The van der Waals surface area contributed by atoms with Crippen molar-refractivity contribution in [1.82, 2.24) is 4.90 Å². The molecule has 2 nitrogen and oxygen atoms in total. The van der Waals surface area contributed by atoms with Crippen molar-refractivity contribution in [2.75, 3.05) is 19.6 Å². The van der Waals surface area contributed by atoms with E-state index in [2.05, 4.69) is 25.7 Å². The minimum absolute atomic E-state index is 0.730. The number of nitrogens with zero attached hydrogens (tertiary/aromatic N) is 1. The van der Waals surface area contributed by atoms with Gasteiger partial charge in [0.05, 0.1) is 0 Å². The van der Waals surface area contributed by atoms with Gasteiger partial charge in [-0.1, -0.05) is 33.6 Å². The van der Waals surface area contributed by atoms with Crippen molar-refractivity contribution in [3.05, 3.63) is 0 Å². The van der Waals surface area contributed by atoms with Crippen LogP contribution in [0.4, 0.5) is 0 Å². The number of rotatable bonds is 2. The Balaban J connectivity index is 1.97. The summed E-state index contributed by atoms with van der Waals surface area (Å²) in [5.41, 5.74) is 5.92. The molecule has 1 aliphatic carbocycles. The van der Waals surface area contributed by atoms with Gasteiger partial charge in [-0.15, -0.1) is 0 Å². The number of piperidine rings is 1. The van der Waals surface area contributed by atoms with Gasteiger partial charge in [0.25, 0.3) is 0 Å².